The predicted molar refractivity (Wildman–Crippen MR) is 95.3 cm³/mol. The van der Waals surface area contributed by atoms with Gasteiger partial charge in [0.2, 0.25) is 0 Å². The molecule has 0 radical (unpaired) electrons. The maximum absolute atomic E-state index is 2.32. The standard InChI is InChI=1S/C20H26Te/c1-19(2,3)15-7-11-17(12-8-15)21-18-13-9-16(10-14-18)20(4,5)6/h7-14H,1-6H3. The van der Waals surface area contributed by atoms with Gasteiger partial charge < -0.3 is 0 Å². The third kappa shape index (κ3) is 4.60. The Morgan fingerprint density at radius 3 is 1.05 bits per heavy atom. The molecule has 2 aromatic carbocycles. The Labute approximate surface area is 140 Å². The van der Waals surface area contributed by atoms with E-state index in [2.05, 4.69) is 90.1 Å². The zero-order chi connectivity index (χ0) is 15.7. The van der Waals surface area contributed by atoms with Gasteiger partial charge in [-0.2, -0.15) is 0 Å². The number of hydrogen-bond acceptors (Lipinski definition) is 0. The fraction of sp³-hybridized carbons (Fsp3) is 0.400. The molecular formula is C20H26Te. The van der Waals surface area contributed by atoms with Crippen LogP contribution in [0.1, 0.15) is 52.7 Å². The Morgan fingerprint density at radius 1 is 0.524 bits per heavy atom. The van der Waals surface area contributed by atoms with Crippen LogP contribution in [0.2, 0.25) is 0 Å². The minimum atomic E-state index is -0.266. The summed E-state index contributed by atoms with van der Waals surface area (Å²) in [6.45, 7) is 13.6. The average molecular weight is 394 g/mol. The summed E-state index contributed by atoms with van der Waals surface area (Å²) in [5.41, 5.74) is 3.32. The molecule has 0 aliphatic heterocycles. The molecule has 0 atom stereocenters. The van der Waals surface area contributed by atoms with Gasteiger partial charge in [-0.25, -0.2) is 0 Å². The summed E-state index contributed by atoms with van der Waals surface area (Å²) in [7, 11) is 0. The van der Waals surface area contributed by atoms with E-state index in [1.54, 1.807) is 0 Å². The summed E-state index contributed by atoms with van der Waals surface area (Å²) < 4.78 is 3.02. The van der Waals surface area contributed by atoms with Gasteiger partial charge >= 0.3 is 140 Å². The van der Waals surface area contributed by atoms with E-state index in [4.69, 9.17) is 0 Å². The number of rotatable bonds is 2. The monoisotopic (exact) mass is 396 g/mol. The molecule has 1 heteroatoms. The van der Waals surface area contributed by atoms with Crippen molar-refractivity contribution < 1.29 is 0 Å². The molecule has 112 valence electrons. The fourth-order valence-electron chi connectivity index (χ4n) is 2.18. The van der Waals surface area contributed by atoms with Crippen LogP contribution in [0.25, 0.3) is 0 Å². The zero-order valence-electron chi connectivity index (χ0n) is 14.0. The Kier molecular flexibility index (Phi) is 4.86. The summed E-state index contributed by atoms with van der Waals surface area (Å²) in [4.78, 5) is 0. The van der Waals surface area contributed by atoms with Crippen molar-refractivity contribution in [1.82, 2.24) is 0 Å². The van der Waals surface area contributed by atoms with Gasteiger partial charge in [-0.15, -0.1) is 0 Å². The molecule has 0 saturated heterocycles. The molecule has 0 aliphatic carbocycles. The van der Waals surface area contributed by atoms with Gasteiger partial charge in [0.05, 0.1) is 0 Å². The van der Waals surface area contributed by atoms with Crippen LogP contribution in [-0.4, -0.2) is 20.9 Å². The van der Waals surface area contributed by atoms with Crippen molar-refractivity contribution in [3.8, 4) is 0 Å². The molecule has 0 heterocycles. The molecule has 0 aliphatic rings. The Bertz CT molecular complexity index is 522. The summed E-state index contributed by atoms with van der Waals surface area (Å²) in [6.07, 6.45) is 0. The second-order valence-corrected chi connectivity index (χ2v) is 10.9. The van der Waals surface area contributed by atoms with Crippen molar-refractivity contribution in [3.05, 3.63) is 59.7 Å². The molecule has 0 aromatic heterocycles. The van der Waals surface area contributed by atoms with Crippen LogP contribution in [0.4, 0.5) is 0 Å². The van der Waals surface area contributed by atoms with Crippen molar-refractivity contribution in [1.29, 1.82) is 0 Å². The van der Waals surface area contributed by atoms with E-state index < -0.39 is 0 Å². The van der Waals surface area contributed by atoms with Gasteiger partial charge in [0.15, 0.2) is 0 Å². The van der Waals surface area contributed by atoms with Gasteiger partial charge in [-0.05, 0) is 0 Å². The van der Waals surface area contributed by atoms with Crippen molar-refractivity contribution in [2.24, 2.45) is 0 Å². The van der Waals surface area contributed by atoms with Crippen molar-refractivity contribution in [2.45, 2.75) is 52.4 Å². The maximum atomic E-state index is 2.32. The SMILES string of the molecule is CC(C)(C)c1ccc([Te]c2ccc(C(C)(C)C)cc2)cc1. The van der Waals surface area contributed by atoms with E-state index in [9.17, 15) is 0 Å². The molecule has 0 fully saturated rings. The first-order valence-corrected chi connectivity index (χ1v) is 9.88. The van der Waals surface area contributed by atoms with Crippen LogP contribution in [0, 0.1) is 0 Å². The summed E-state index contributed by atoms with van der Waals surface area (Å²) in [6, 6.07) is 18.5. The second kappa shape index (κ2) is 6.15. The summed E-state index contributed by atoms with van der Waals surface area (Å²) in [5.74, 6) is 0. The van der Waals surface area contributed by atoms with E-state index in [0.29, 0.717) is 0 Å². The molecule has 0 nitrogen and oxygen atoms in total. The first kappa shape index (κ1) is 16.6. The third-order valence-corrected chi connectivity index (χ3v) is 6.58. The van der Waals surface area contributed by atoms with E-state index >= 15 is 0 Å². The molecule has 0 N–H and O–H groups in total. The third-order valence-electron chi connectivity index (χ3n) is 3.68. The van der Waals surface area contributed by atoms with Crippen LogP contribution in [0.3, 0.4) is 0 Å². The Hall–Kier alpha value is -0.770. The van der Waals surface area contributed by atoms with E-state index in [-0.39, 0.29) is 31.8 Å². The molecule has 0 unspecified atom stereocenters. The molecule has 0 amide bonds. The zero-order valence-corrected chi connectivity index (χ0v) is 16.4. The summed E-state index contributed by atoms with van der Waals surface area (Å²) in [5, 5.41) is 0. The van der Waals surface area contributed by atoms with Crippen LogP contribution in [0.5, 0.6) is 0 Å². The van der Waals surface area contributed by atoms with Crippen LogP contribution in [-0.2, 0) is 10.8 Å². The molecule has 0 spiro atoms. The average Bonchev–Trinajstić information content (AvgIpc) is 2.38. The number of hydrogen-bond donors (Lipinski definition) is 0. The van der Waals surface area contributed by atoms with Crippen LogP contribution >= 0.6 is 0 Å². The molecule has 2 rings (SSSR count). The molecule has 21 heavy (non-hydrogen) atoms. The van der Waals surface area contributed by atoms with E-state index in [0.717, 1.165) is 0 Å². The van der Waals surface area contributed by atoms with E-state index in [1.807, 2.05) is 0 Å². The van der Waals surface area contributed by atoms with Crippen molar-refractivity contribution in [3.63, 3.8) is 0 Å². The van der Waals surface area contributed by atoms with Crippen molar-refractivity contribution >= 4 is 28.1 Å². The second-order valence-electron chi connectivity index (χ2n) is 7.65. The van der Waals surface area contributed by atoms with Gasteiger partial charge in [0.25, 0.3) is 0 Å². The fourth-order valence-corrected chi connectivity index (χ4v) is 4.51. The minimum absolute atomic E-state index is 0.243. The summed E-state index contributed by atoms with van der Waals surface area (Å²) >= 11 is -0.266. The molecule has 0 bridgehead atoms. The van der Waals surface area contributed by atoms with Gasteiger partial charge in [-0.1, -0.05) is 0 Å². The van der Waals surface area contributed by atoms with Crippen LogP contribution < -0.4 is 7.22 Å². The van der Waals surface area contributed by atoms with Crippen molar-refractivity contribution in [2.75, 3.05) is 0 Å². The normalized spacial score (nSPS) is 12.5. The van der Waals surface area contributed by atoms with Gasteiger partial charge in [-0.3, -0.25) is 0 Å². The molecule has 0 saturated carbocycles. The quantitative estimate of drug-likeness (QED) is 0.678. The Balaban J connectivity index is 2.12. The number of benzene rings is 2. The first-order chi connectivity index (χ1) is 9.66. The predicted octanol–water partition coefficient (Wildman–Crippen LogP) is 3.94. The Morgan fingerprint density at radius 2 is 0.810 bits per heavy atom. The van der Waals surface area contributed by atoms with E-state index in [1.165, 1.54) is 18.3 Å². The first-order valence-electron chi connectivity index (χ1n) is 7.55. The molecule has 2 aromatic rings. The van der Waals surface area contributed by atoms with Gasteiger partial charge in [0, 0.05) is 0 Å². The van der Waals surface area contributed by atoms with Gasteiger partial charge in [0.1, 0.15) is 0 Å². The topological polar surface area (TPSA) is 0 Å². The van der Waals surface area contributed by atoms with Crippen LogP contribution in [0.15, 0.2) is 48.5 Å². The molecular weight excluding hydrogens is 368 g/mol.